The highest BCUT2D eigenvalue weighted by molar-refractivity contribution is 6.43. The van der Waals surface area contributed by atoms with Crippen LogP contribution < -0.4 is 5.84 Å². The molecule has 0 aromatic rings. The molecule has 0 saturated heterocycles. The van der Waals surface area contributed by atoms with E-state index in [-0.39, 0.29) is 0 Å². The molecule has 0 spiro atoms. The minimum Gasteiger partial charge on any atom is -0.481 e. The molecule has 0 heterocycles. The Balaban J connectivity index is 5.37. The fourth-order valence-corrected chi connectivity index (χ4v) is 0.818. The summed E-state index contributed by atoms with van der Waals surface area (Å²) >= 11 is 0. The number of carboxylic acids is 3. The number of carbonyl (C=O) groups is 3. The Morgan fingerprint density at radius 2 is 1.67 bits per heavy atom. The molecule has 0 aromatic heterocycles. The van der Waals surface area contributed by atoms with E-state index in [4.69, 9.17) is 15.3 Å². The molecule has 0 aliphatic heterocycles. The van der Waals surface area contributed by atoms with Crippen molar-refractivity contribution in [2.45, 2.75) is 12.0 Å². The number of hydrazone groups is 1. The van der Waals surface area contributed by atoms with Gasteiger partial charge in [0.25, 0.3) is 0 Å². The van der Waals surface area contributed by atoms with Gasteiger partial charge in [-0.2, -0.15) is 5.10 Å². The summed E-state index contributed by atoms with van der Waals surface area (Å²) in [7, 11) is 0. The first-order chi connectivity index (χ1) is 6.75. The van der Waals surface area contributed by atoms with E-state index in [9.17, 15) is 19.5 Å². The number of nitrogens with zero attached hydrogens (tertiary/aromatic N) is 1. The summed E-state index contributed by atoms with van der Waals surface area (Å²) < 4.78 is 0. The van der Waals surface area contributed by atoms with Crippen LogP contribution in [0.5, 0.6) is 0 Å². The van der Waals surface area contributed by atoms with Gasteiger partial charge in [0.1, 0.15) is 0 Å². The van der Waals surface area contributed by atoms with Gasteiger partial charge in [0.2, 0.25) is 5.60 Å². The molecule has 15 heavy (non-hydrogen) atoms. The van der Waals surface area contributed by atoms with Crippen LogP contribution in [-0.4, -0.2) is 49.6 Å². The van der Waals surface area contributed by atoms with Gasteiger partial charge in [-0.15, -0.1) is 0 Å². The molecular formula is C6H8N2O7. The van der Waals surface area contributed by atoms with Crippen molar-refractivity contribution in [1.82, 2.24) is 0 Å². The molecule has 0 aliphatic rings. The number of hydrogen-bond donors (Lipinski definition) is 5. The molecule has 0 amide bonds. The average molecular weight is 220 g/mol. The van der Waals surface area contributed by atoms with Crippen molar-refractivity contribution in [3.8, 4) is 0 Å². The van der Waals surface area contributed by atoms with Gasteiger partial charge in [-0.05, 0) is 0 Å². The van der Waals surface area contributed by atoms with Crippen LogP contribution in [0.3, 0.4) is 0 Å². The quantitative estimate of drug-likeness (QED) is 0.195. The molecule has 0 rings (SSSR count). The lowest BCUT2D eigenvalue weighted by molar-refractivity contribution is -0.159. The first-order valence-corrected chi connectivity index (χ1v) is 3.45. The van der Waals surface area contributed by atoms with E-state index in [1.54, 1.807) is 0 Å². The predicted octanol–water partition coefficient (Wildman–Crippen LogP) is -2.32. The van der Waals surface area contributed by atoms with Crippen molar-refractivity contribution in [2.75, 3.05) is 0 Å². The molecule has 84 valence electrons. The first kappa shape index (κ1) is 12.8. The van der Waals surface area contributed by atoms with E-state index in [1.807, 2.05) is 0 Å². The third-order valence-corrected chi connectivity index (χ3v) is 1.48. The molecule has 1 unspecified atom stereocenters. The maximum Gasteiger partial charge on any atom is 0.355 e. The van der Waals surface area contributed by atoms with Gasteiger partial charge >= 0.3 is 17.9 Å². The summed E-state index contributed by atoms with van der Waals surface area (Å²) in [6, 6.07) is 0. The van der Waals surface area contributed by atoms with Gasteiger partial charge < -0.3 is 26.3 Å². The minimum absolute atomic E-state index is 1.35. The second-order valence-corrected chi connectivity index (χ2v) is 2.52. The minimum atomic E-state index is -3.15. The Morgan fingerprint density at radius 1 is 1.20 bits per heavy atom. The largest absolute Gasteiger partial charge is 0.481 e. The van der Waals surface area contributed by atoms with Gasteiger partial charge in [0.05, 0.1) is 6.42 Å². The summed E-state index contributed by atoms with van der Waals surface area (Å²) in [6.45, 7) is 0. The normalized spacial score (nSPS) is 15.4. The van der Waals surface area contributed by atoms with Gasteiger partial charge in [-0.25, -0.2) is 9.59 Å². The van der Waals surface area contributed by atoms with Crippen molar-refractivity contribution in [3.63, 3.8) is 0 Å². The van der Waals surface area contributed by atoms with Crippen molar-refractivity contribution >= 4 is 23.6 Å². The van der Waals surface area contributed by atoms with Crippen LogP contribution in [0.2, 0.25) is 0 Å². The monoisotopic (exact) mass is 220 g/mol. The number of carboxylic acid groups (broad SMARTS) is 3. The fraction of sp³-hybridized carbons (Fsp3) is 0.333. The lowest BCUT2D eigenvalue weighted by atomic mass is 9.93. The first-order valence-electron chi connectivity index (χ1n) is 3.45. The van der Waals surface area contributed by atoms with Gasteiger partial charge in [0, 0.05) is 0 Å². The standard InChI is InChI=1S/C6H8N2O7/c7-8-3(4(11)12)6(15,5(13)14)1-2(9)10/h15H,1,7H2,(H,9,10)(H,11,12)(H,13,14). The highest BCUT2D eigenvalue weighted by atomic mass is 16.4. The molecular weight excluding hydrogens is 212 g/mol. The van der Waals surface area contributed by atoms with Crippen LogP contribution in [-0.2, 0) is 14.4 Å². The highest BCUT2D eigenvalue weighted by Crippen LogP contribution is 2.13. The van der Waals surface area contributed by atoms with Gasteiger partial charge in [-0.3, -0.25) is 4.79 Å². The molecule has 9 nitrogen and oxygen atoms in total. The van der Waals surface area contributed by atoms with Crippen molar-refractivity contribution in [3.05, 3.63) is 0 Å². The van der Waals surface area contributed by atoms with Crippen molar-refractivity contribution < 1.29 is 34.8 Å². The number of hydrogen-bond acceptors (Lipinski definition) is 6. The number of rotatable bonds is 5. The molecule has 0 fully saturated rings. The van der Waals surface area contributed by atoms with Crippen molar-refractivity contribution in [2.24, 2.45) is 10.9 Å². The van der Waals surface area contributed by atoms with E-state index in [0.717, 1.165) is 0 Å². The number of aliphatic hydroxyl groups is 1. The van der Waals surface area contributed by atoms with E-state index in [0.29, 0.717) is 0 Å². The molecule has 0 bridgehead atoms. The maximum atomic E-state index is 10.5. The number of aliphatic carboxylic acids is 3. The third-order valence-electron chi connectivity index (χ3n) is 1.48. The van der Waals surface area contributed by atoms with Crippen molar-refractivity contribution in [1.29, 1.82) is 0 Å². The third kappa shape index (κ3) is 2.64. The second kappa shape index (κ2) is 4.37. The van der Waals surface area contributed by atoms with Crippen LogP contribution >= 0.6 is 0 Å². The molecule has 0 saturated carbocycles. The summed E-state index contributed by atoms with van der Waals surface area (Å²) in [5.41, 5.74) is -4.50. The Bertz CT molecular complexity index is 336. The smallest absolute Gasteiger partial charge is 0.355 e. The Kier molecular flexibility index (Phi) is 3.74. The fourth-order valence-electron chi connectivity index (χ4n) is 0.818. The predicted molar refractivity (Wildman–Crippen MR) is 44.1 cm³/mol. The lowest BCUT2D eigenvalue weighted by Crippen LogP contribution is -2.52. The van der Waals surface area contributed by atoms with Gasteiger partial charge in [-0.1, -0.05) is 0 Å². The zero-order valence-corrected chi connectivity index (χ0v) is 7.25. The Hall–Kier alpha value is -2.16. The highest BCUT2D eigenvalue weighted by Gasteiger charge is 2.47. The lowest BCUT2D eigenvalue weighted by Gasteiger charge is -2.19. The van der Waals surface area contributed by atoms with E-state index in [1.165, 1.54) is 0 Å². The van der Waals surface area contributed by atoms with Crippen LogP contribution in [0.25, 0.3) is 0 Å². The molecule has 0 aromatic carbocycles. The van der Waals surface area contributed by atoms with Crippen LogP contribution in [0.15, 0.2) is 5.10 Å². The summed E-state index contributed by atoms with van der Waals surface area (Å²) in [5.74, 6) is -1.11. The SMILES string of the molecule is NN=C(C(=O)O)C(O)(CC(=O)O)C(=O)O. The molecule has 1 atom stereocenters. The maximum absolute atomic E-state index is 10.5. The topological polar surface area (TPSA) is 171 Å². The zero-order valence-electron chi connectivity index (χ0n) is 7.25. The van der Waals surface area contributed by atoms with Crippen LogP contribution in [0.4, 0.5) is 0 Å². The van der Waals surface area contributed by atoms with E-state index in [2.05, 4.69) is 10.9 Å². The summed E-state index contributed by atoms with van der Waals surface area (Å²) in [6.07, 6.45) is -1.36. The summed E-state index contributed by atoms with van der Waals surface area (Å²) in [4.78, 5) is 31.2. The zero-order chi connectivity index (χ0) is 12.2. The molecule has 9 heteroatoms. The molecule has 0 radical (unpaired) electrons. The average Bonchev–Trinajstić information content (AvgIpc) is 2.02. The van der Waals surface area contributed by atoms with E-state index >= 15 is 0 Å². The number of nitrogens with two attached hydrogens (primary N) is 1. The Labute approximate surface area is 82.4 Å². The summed E-state index contributed by atoms with van der Waals surface area (Å²) in [5, 5.41) is 37.1. The molecule has 0 aliphatic carbocycles. The van der Waals surface area contributed by atoms with Crippen LogP contribution in [0.1, 0.15) is 6.42 Å². The van der Waals surface area contributed by atoms with Crippen LogP contribution in [0, 0.1) is 0 Å². The Morgan fingerprint density at radius 3 is 1.87 bits per heavy atom. The second-order valence-electron chi connectivity index (χ2n) is 2.52. The van der Waals surface area contributed by atoms with Gasteiger partial charge in [0.15, 0.2) is 5.71 Å². The van der Waals surface area contributed by atoms with E-state index < -0.39 is 35.6 Å². The molecule has 6 N–H and O–H groups in total.